The summed E-state index contributed by atoms with van der Waals surface area (Å²) in [4.78, 5) is 49.4. The SMILES string of the molecule is CCOC(=O)N1CCN(C(=O)CNC(=O)c2cc(C3CC3)nc(-c3ccccc3)n2)CC1. The zero-order chi connectivity index (χ0) is 22.5. The largest absolute Gasteiger partial charge is 0.450 e. The first-order valence-electron chi connectivity index (χ1n) is 11.0. The predicted octanol–water partition coefficient (Wildman–Crippen LogP) is 2.05. The van der Waals surface area contributed by atoms with Gasteiger partial charge >= 0.3 is 6.09 Å². The fraction of sp³-hybridized carbons (Fsp3) is 0.435. The number of benzene rings is 1. The van der Waals surface area contributed by atoms with Crippen molar-refractivity contribution in [3.8, 4) is 11.4 Å². The summed E-state index contributed by atoms with van der Waals surface area (Å²) in [7, 11) is 0. The van der Waals surface area contributed by atoms with Crippen molar-refractivity contribution in [1.82, 2.24) is 25.1 Å². The van der Waals surface area contributed by atoms with Gasteiger partial charge in [0, 0.05) is 43.4 Å². The van der Waals surface area contributed by atoms with Crippen molar-refractivity contribution >= 4 is 17.9 Å². The van der Waals surface area contributed by atoms with Crippen molar-refractivity contribution in [3.63, 3.8) is 0 Å². The molecule has 1 aromatic heterocycles. The van der Waals surface area contributed by atoms with E-state index < -0.39 is 5.91 Å². The lowest BCUT2D eigenvalue weighted by atomic mass is 10.1. The van der Waals surface area contributed by atoms with Crippen LogP contribution in [0.3, 0.4) is 0 Å². The van der Waals surface area contributed by atoms with Crippen molar-refractivity contribution in [2.75, 3.05) is 39.3 Å². The molecule has 3 amide bonds. The average Bonchev–Trinajstić information content (AvgIpc) is 3.68. The molecule has 0 bridgehead atoms. The van der Waals surface area contributed by atoms with E-state index in [0.29, 0.717) is 44.5 Å². The topological polar surface area (TPSA) is 105 Å². The summed E-state index contributed by atoms with van der Waals surface area (Å²) in [5, 5.41) is 2.69. The maximum Gasteiger partial charge on any atom is 0.409 e. The molecule has 1 aliphatic carbocycles. The zero-order valence-electron chi connectivity index (χ0n) is 18.1. The highest BCUT2D eigenvalue weighted by atomic mass is 16.6. The van der Waals surface area contributed by atoms with Crippen molar-refractivity contribution < 1.29 is 19.1 Å². The van der Waals surface area contributed by atoms with Crippen LogP contribution in [0.2, 0.25) is 0 Å². The summed E-state index contributed by atoms with van der Waals surface area (Å²) in [5.41, 5.74) is 1.98. The van der Waals surface area contributed by atoms with Gasteiger partial charge in [0.1, 0.15) is 5.69 Å². The van der Waals surface area contributed by atoms with Gasteiger partial charge < -0.3 is 19.9 Å². The highest BCUT2D eigenvalue weighted by molar-refractivity contribution is 5.95. The van der Waals surface area contributed by atoms with E-state index in [4.69, 9.17) is 4.74 Å². The number of carbonyl (C=O) groups excluding carboxylic acids is 3. The van der Waals surface area contributed by atoms with Gasteiger partial charge in [-0.3, -0.25) is 9.59 Å². The average molecular weight is 438 g/mol. The molecule has 0 spiro atoms. The fourth-order valence-corrected chi connectivity index (χ4v) is 3.60. The molecule has 32 heavy (non-hydrogen) atoms. The van der Waals surface area contributed by atoms with Gasteiger partial charge in [-0.15, -0.1) is 0 Å². The van der Waals surface area contributed by atoms with Crippen LogP contribution in [-0.2, 0) is 9.53 Å². The molecule has 2 aromatic rings. The number of nitrogens with zero attached hydrogens (tertiary/aromatic N) is 4. The van der Waals surface area contributed by atoms with E-state index in [1.165, 1.54) is 0 Å². The van der Waals surface area contributed by atoms with Crippen molar-refractivity contribution in [2.45, 2.75) is 25.7 Å². The molecule has 1 aromatic carbocycles. The Morgan fingerprint density at radius 1 is 1.03 bits per heavy atom. The van der Waals surface area contributed by atoms with Gasteiger partial charge in [0.25, 0.3) is 5.91 Å². The first kappa shape index (κ1) is 21.7. The van der Waals surface area contributed by atoms with Crippen LogP contribution in [0.15, 0.2) is 36.4 Å². The smallest absolute Gasteiger partial charge is 0.409 e. The molecular weight excluding hydrogens is 410 g/mol. The number of piperazine rings is 1. The second-order valence-electron chi connectivity index (χ2n) is 7.89. The van der Waals surface area contributed by atoms with Crippen LogP contribution in [-0.4, -0.2) is 77.0 Å². The minimum Gasteiger partial charge on any atom is -0.450 e. The quantitative estimate of drug-likeness (QED) is 0.742. The third-order valence-corrected chi connectivity index (χ3v) is 5.56. The van der Waals surface area contributed by atoms with E-state index in [2.05, 4.69) is 15.3 Å². The minimum absolute atomic E-state index is 0.123. The number of nitrogens with one attached hydrogen (secondary N) is 1. The van der Waals surface area contributed by atoms with Gasteiger partial charge in [-0.2, -0.15) is 0 Å². The number of ether oxygens (including phenoxy) is 1. The van der Waals surface area contributed by atoms with E-state index in [-0.39, 0.29) is 24.2 Å². The molecule has 1 saturated carbocycles. The van der Waals surface area contributed by atoms with Crippen LogP contribution in [0.4, 0.5) is 4.79 Å². The molecule has 9 nitrogen and oxygen atoms in total. The fourth-order valence-electron chi connectivity index (χ4n) is 3.60. The van der Waals surface area contributed by atoms with Gasteiger partial charge in [-0.1, -0.05) is 30.3 Å². The van der Waals surface area contributed by atoms with Crippen LogP contribution < -0.4 is 5.32 Å². The second kappa shape index (κ2) is 9.76. The summed E-state index contributed by atoms with van der Waals surface area (Å²) >= 11 is 0. The van der Waals surface area contributed by atoms with Crippen molar-refractivity contribution in [2.24, 2.45) is 0 Å². The Labute approximate surface area is 186 Å². The minimum atomic E-state index is -0.398. The van der Waals surface area contributed by atoms with Gasteiger partial charge in [0.2, 0.25) is 5.91 Å². The van der Waals surface area contributed by atoms with E-state index in [0.717, 1.165) is 24.1 Å². The molecule has 0 radical (unpaired) electrons. The second-order valence-corrected chi connectivity index (χ2v) is 7.89. The number of aromatic nitrogens is 2. The lowest BCUT2D eigenvalue weighted by Crippen LogP contribution is -2.52. The molecule has 2 aliphatic rings. The number of carbonyl (C=O) groups is 3. The molecule has 2 heterocycles. The number of rotatable bonds is 6. The van der Waals surface area contributed by atoms with E-state index in [1.54, 1.807) is 22.8 Å². The van der Waals surface area contributed by atoms with Crippen LogP contribution in [0, 0.1) is 0 Å². The molecule has 0 atom stereocenters. The molecule has 0 unspecified atom stereocenters. The summed E-state index contributed by atoms with van der Waals surface area (Å²) in [6, 6.07) is 11.3. The lowest BCUT2D eigenvalue weighted by molar-refractivity contribution is -0.131. The molecule has 9 heteroatoms. The number of amides is 3. The van der Waals surface area contributed by atoms with Crippen LogP contribution >= 0.6 is 0 Å². The first-order valence-corrected chi connectivity index (χ1v) is 11.0. The summed E-state index contributed by atoms with van der Waals surface area (Å²) in [6.45, 7) is 3.60. The lowest BCUT2D eigenvalue weighted by Gasteiger charge is -2.34. The highest BCUT2D eigenvalue weighted by Crippen LogP contribution is 2.39. The number of hydrogen-bond acceptors (Lipinski definition) is 6. The van der Waals surface area contributed by atoms with Crippen LogP contribution in [0.5, 0.6) is 0 Å². The third kappa shape index (κ3) is 5.22. The third-order valence-electron chi connectivity index (χ3n) is 5.56. The zero-order valence-corrected chi connectivity index (χ0v) is 18.1. The van der Waals surface area contributed by atoms with E-state index in [9.17, 15) is 14.4 Å². The van der Waals surface area contributed by atoms with Crippen molar-refractivity contribution in [1.29, 1.82) is 0 Å². The summed E-state index contributed by atoms with van der Waals surface area (Å²) in [5.74, 6) is 0.289. The molecule has 1 saturated heterocycles. The Morgan fingerprint density at radius 3 is 2.38 bits per heavy atom. The Balaban J connectivity index is 1.36. The van der Waals surface area contributed by atoms with Crippen molar-refractivity contribution in [3.05, 3.63) is 47.8 Å². The molecule has 1 N–H and O–H groups in total. The van der Waals surface area contributed by atoms with E-state index >= 15 is 0 Å². The molecule has 1 aliphatic heterocycles. The van der Waals surface area contributed by atoms with Gasteiger partial charge in [-0.05, 0) is 25.8 Å². The highest BCUT2D eigenvalue weighted by Gasteiger charge is 2.28. The maximum absolute atomic E-state index is 12.8. The van der Waals surface area contributed by atoms with E-state index in [1.807, 2.05) is 30.3 Å². The Morgan fingerprint density at radius 2 is 1.72 bits per heavy atom. The standard InChI is InChI=1S/C23H27N5O4/c1-2-32-23(31)28-12-10-27(11-13-28)20(29)15-24-22(30)19-14-18(16-8-9-16)25-21(26-19)17-6-4-3-5-7-17/h3-7,14,16H,2,8-13,15H2,1H3,(H,24,30). The monoisotopic (exact) mass is 437 g/mol. The normalized spacial score (nSPS) is 15.9. The predicted molar refractivity (Wildman–Crippen MR) is 117 cm³/mol. The summed E-state index contributed by atoms with van der Waals surface area (Å²) < 4.78 is 4.99. The number of hydrogen-bond donors (Lipinski definition) is 1. The molecule has 168 valence electrons. The van der Waals surface area contributed by atoms with Crippen LogP contribution in [0.25, 0.3) is 11.4 Å². The Hall–Kier alpha value is -3.49. The first-order chi connectivity index (χ1) is 15.5. The van der Waals surface area contributed by atoms with Crippen LogP contribution in [0.1, 0.15) is 41.9 Å². The molecule has 4 rings (SSSR count). The molecule has 2 fully saturated rings. The molecular formula is C23H27N5O4. The maximum atomic E-state index is 12.8. The van der Waals surface area contributed by atoms with Gasteiger partial charge in [0.05, 0.1) is 13.2 Å². The van der Waals surface area contributed by atoms with Gasteiger partial charge in [-0.25, -0.2) is 14.8 Å². The van der Waals surface area contributed by atoms with Gasteiger partial charge in [0.15, 0.2) is 5.82 Å². The summed E-state index contributed by atoms with van der Waals surface area (Å²) in [6.07, 6.45) is 1.75. The Bertz CT molecular complexity index is 985. The Kier molecular flexibility index (Phi) is 6.63.